The molecule has 1 aromatic carbocycles. The summed E-state index contributed by atoms with van der Waals surface area (Å²) in [5.74, 6) is 0.357. The molecule has 0 aliphatic carbocycles. The van der Waals surface area contributed by atoms with Crippen molar-refractivity contribution in [1.82, 2.24) is 14.3 Å². The summed E-state index contributed by atoms with van der Waals surface area (Å²) in [5.41, 5.74) is 1.36. The standard InChI is InChI=1S/C16H13BrCl2N4O/c1-22-9-11(17)7-13(22)16(24)21-14-5-6-20-23(14)8-10-3-2-4-12(18)15(10)19/h2-7,9H,8H2,1H3,(H,21,24). The summed E-state index contributed by atoms with van der Waals surface area (Å²) in [6.45, 7) is 0.402. The van der Waals surface area contributed by atoms with E-state index < -0.39 is 0 Å². The Bertz CT molecular complexity index is 903. The molecule has 0 aliphatic rings. The molecule has 0 spiro atoms. The molecule has 0 atom stereocenters. The summed E-state index contributed by atoms with van der Waals surface area (Å²) in [6.07, 6.45) is 3.44. The number of aryl methyl sites for hydroxylation is 1. The predicted octanol–water partition coefficient (Wildman–Crippen LogP) is 4.59. The Morgan fingerprint density at radius 2 is 2.12 bits per heavy atom. The van der Waals surface area contributed by atoms with Crippen molar-refractivity contribution in [2.24, 2.45) is 7.05 Å². The summed E-state index contributed by atoms with van der Waals surface area (Å²) in [4.78, 5) is 12.4. The maximum Gasteiger partial charge on any atom is 0.273 e. The number of carbonyl (C=O) groups excluding carboxylic acids is 1. The van der Waals surface area contributed by atoms with Gasteiger partial charge in [0.1, 0.15) is 11.5 Å². The molecule has 8 heteroatoms. The minimum Gasteiger partial charge on any atom is -0.345 e. The van der Waals surface area contributed by atoms with Gasteiger partial charge in [0.25, 0.3) is 5.91 Å². The van der Waals surface area contributed by atoms with Gasteiger partial charge in [-0.1, -0.05) is 35.3 Å². The Balaban J connectivity index is 1.82. The SMILES string of the molecule is Cn1cc(Br)cc1C(=O)Nc1ccnn1Cc1cccc(Cl)c1Cl. The van der Waals surface area contributed by atoms with Crippen LogP contribution in [0.15, 0.2) is 47.2 Å². The number of anilines is 1. The van der Waals surface area contributed by atoms with E-state index in [1.54, 1.807) is 33.6 Å². The fourth-order valence-electron chi connectivity index (χ4n) is 2.33. The van der Waals surface area contributed by atoms with Gasteiger partial charge < -0.3 is 9.88 Å². The summed E-state index contributed by atoms with van der Waals surface area (Å²) in [7, 11) is 1.81. The number of rotatable bonds is 4. The maximum atomic E-state index is 12.4. The molecule has 5 nitrogen and oxygen atoms in total. The van der Waals surface area contributed by atoms with Gasteiger partial charge in [0.2, 0.25) is 0 Å². The summed E-state index contributed by atoms with van der Waals surface area (Å²) >= 11 is 15.6. The molecule has 2 aromatic heterocycles. The van der Waals surface area contributed by atoms with Crippen LogP contribution in [0.3, 0.4) is 0 Å². The van der Waals surface area contributed by atoms with Gasteiger partial charge in [0, 0.05) is 23.8 Å². The molecule has 1 N–H and O–H groups in total. The summed E-state index contributed by atoms with van der Waals surface area (Å²) in [6, 6.07) is 8.91. The van der Waals surface area contributed by atoms with Crippen LogP contribution >= 0.6 is 39.1 Å². The monoisotopic (exact) mass is 426 g/mol. The van der Waals surface area contributed by atoms with Gasteiger partial charge in [-0.05, 0) is 33.6 Å². The molecule has 0 aliphatic heterocycles. The second kappa shape index (κ2) is 7.01. The van der Waals surface area contributed by atoms with Crippen LogP contribution in [-0.2, 0) is 13.6 Å². The molecular weight excluding hydrogens is 415 g/mol. The Labute approximate surface area is 157 Å². The molecule has 0 unspecified atom stereocenters. The van der Waals surface area contributed by atoms with Gasteiger partial charge in [0.15, 0.2) is 0 Å². The molecule has 124 valence electrons. The average molecular weight is 428 g/mol. The number of carbonyl (C=O) groups is 1. The van der Waals surface area contributed by atoms with E-state index in [0.717, 1.165) is 10.0 Å². The molecule has 0 saturated carbocycles. The molecule has 0 radical (unpaired) electrons. The highest BCUT2D eigenvalue weighted by Gasteiger charge is 2.14. The van der Waals surface area contributed by atoms with Crippen LogP contribution in [0.5, 0.6) is 0 Å². The summed E-state index contributed by atoms with van der Waals surface area (Å²) < 4.78 is 4.25. The van der Waals surface area contributed by atoms with E-state index in [0.29, 0.717) is 28.1 Å². The highest BCUT2D eigenvalue weighted by atomic mass is 79.9. The van der Waals surface area contributed by atoms with Gasteiger partial charge in [-0.3, -0.25) is 4.79 Å². The predicted molar refractivity (Wildman–Crippen MR) is 98.9 cm³/mol. The lowest BCUT2D eigenvalue weighted by Crippen LogP contribution is -2.18. The van der Waals surface area contributed by atoms with Crippen molar-refractivity contribution in [1.29, 1.82) is 0 Å². The van der Waals surface area contributed by atoms with E-state index in [2.05, 4.69) is 26.3 Å². The summed E-state index contributed by atoms with van der Waals surface area (Å²) in [5, 5.41) is 8.07. The van der Waals surface area contributed by atoms with Crippen LogP contribution in [0.25, 0.3) is 0 Å². The van der Waals surface area contributed by atoms with Crippen molar-refractivity contribution in [2.75, 3.05) is 5.32 Å². The lowest BCUT2D eigenvalue weighted by atomic mass is 10.2. The lowest BCUT2D eigenvalue weighted by molar-refractivity contribution is 0.101. The van der Waals surface area contributed by atoms with Crippen LogP contribution in [0.2, 0.25) is 10.0 Å². The van der Waals surface area contributed by atoms with Crippen molar-refractivity contribution in [3.05, 3.63) is 68.5 Å². The van der Waals surface area contributed by atoms with E-state index in [1.165, 1.54) is 0 Å². The first-order valence-electron chi connectivity index (χ1n) is 7.03. The van der Waals surface area contributed by atoms with Crippen LogP contribution in [0.4, 0.5) is 5.82 Å². The number of nitrogens with one attached hydrogen (secondary N) is 1. The number of nitrogens with zero attached hydrogens (tertiary/aromatic N) is 3. The van der Waals surface area contributed by atoms with Crippen LogP contribution in [0.1, 0.15) is 16.1 Å². The zero-order valence-corrected chi connectivity index (χ0v) is 15.7. The fraction of sp³-hybridized carbons (Fsp3) is 0.125. The third kappa shape index (κ3) is 3.50. The number of benzene rings is 1. The minimum absolute atomic E-state index is 0.220. The van der Waals surface area contributed by atoms with Gasteiger partial charge in [-0.15, -0.1) is 0 Å². The average Bonchev–Trinajstić information content (AvgIpc) is 3.10. The fourth-order valence-corrected chi connectivity index (χ4v) is 3.23. The van der Waals surface area contributed by atoms with Gasteiger partial charge in [0.05, 0.1) is 22.8 Å². The van der Waals surface area contributed by atoms with Gasteiger partial charge >= 0.3 is 0 Å². The van der Waals surface area contributed by atoms with Gasteiger partial charge in [-0.25, -0.2) is 4.68 Å². The Morgan fingerprint density at radius 3 is 2.83 bits per heavy atom. The molecule has 2 heterocycles. The largest absolute Gasteiger partial charge is 0.345 e. The second-order valence-corrected chi connectivity index (χ2v) is 6.90. The normalized spacial score (nSPS) is 10.8. The molecule has 0 bridgehead atoms. The number of hydrogen-bond acceptors (Lipinski definition) is 2. The Morgan fingerprint density at radius 1 is 1.33 bits per heavy atom. The number of halogens is 3. The molecule has 24 heavy (non-hydrogen) atoms. The Kier molecular flexibility index (Phi) is 4.99. The minimum atomic E-state index is -0.220. The van der Waals surface area contributed by atoms with Crippen molar-refractivity contribution in [3.8, 4) is 0 Å². The zero-order chi connectivity index (χ0) is 17.3. The van der Waals surface area contributed by atoms with Crippen molar-refractivity contribution in [3.63, 3.8) is 0 Å². The maximum absolute atomic E-state index is 12.4. The number of amides is 1. The van der Waals surface area contributed by atoms with Crippen LogP contribution in [-0.4, -0.2) is 20.3 Å². The van der Waals surface area contributed by atoms with E-state index >= 15 is 0 Å². The van der Waals surface area contributed by atoms with Crippen molar-refractivity contribution >= 4 is 50.9 Å². The van der Waals surface area contributed by atoms with Crippen molar-refractivity contribution in [2.45, 2.75) is 6.54 Å². The first-order valence-corrected chi connectivity index (χ1v) is 8.58. The van der Waals surface area contributed by atoms with E-state index in [4.69, 9.17) is 23.2 Å². The first-order chi connectivity index (χ1) is 11.5. The van der Waals surface area contributed by atoms with Crippen LogP contribution in [0, 0.1) is 0 Å². The molecule has 0 fully saturated rings. The van der Waals surface area contributed by atoms with E-state index in [1.807, 2.05) is 25.4 Å². The van der Waals surface area contributed by atoms with E-state index in [9.17, 15) is 4.79 Å². The molecule has 1 amide bonds. The number of aromatic nitrogens is 3. The molecule has 0 saturated heterocycles. The topological polar surface area (TPSA) is 51.9 Å². The third-order valence-corrected chi connectivity index (χ3v) is 4.81. The second-order valence-electron chi connectivity index (χ2n) is 5.20. The molecule has 3 aromatic rings. The quantitative estimate of drug-likeness (QED) is 0.661. The lowest BCUT2D eigenvalue weighted by Gasteiger charge is -2.11. The van der Waals surface area contributed by atoms with E-state index in [-0.39, 0.29) is 5.91 Å². The third-order valence-electron chi connectivity index (χ3n) is 3.51. The highest BCUT2D eigenvalue weighted by molar-refractivity contribution is 9.10. The molecule has 3 rings (SSSR count). The van der Waals surface area contributed by atoms with Crippen LogP contribution < -0.4 is 5.32 Å². The Hall–Kier alpha value is -1.76. The van der Waals surface area contributed by atoms with Crippen molar-refractivity contribution < 1.29 is 4.79 Å². The molecular formula is C16H13BrCl2N4O. The van der Waals surface area contributed by atoms with Gasteiger partial charge in [-0.2, -0.15) is 5.10 Å². The highest BCUT2D eigenvalue weighted by Crippen LogP contribution is 2.26. The first kappa shape index (κ1) is 17.1. The number of hydrogen-bond donors (Lipinski definition) is 1. The zero-order valence-electron chi connectivity index (χ0n) is 12.6. The smallest absolute Gasteiger partial charge is 0.273 e.